The zero-order valence-electron chi connectivity index (χ0n) is 16.6. The van der Waals surface area contributed by atoms with Crippen molar-refractivity contribution >= 4 is 45.2 Å². The van der Waals surface area contributed by atoms with E-state index >= 15 is 0 Å². The van der Waals surface area contributed by atoms with Crippen LogP contribution in [0.1, 0.15) is 12.8 Å². The summed E-state index contributed by atoms with van der Waals surface area (Å²) in [7, 11) is 1.62. The summed E-state index contributed by atoms with van der Waals surface area (Å²) in [6.07, 6.45) is 2.33. The molecule has 3 aromatic rings. The number of anilines is 3. The van der Waals surface area contributed by atoms with Crippen LogP contribution in [0, 0.1) is 5.92 Å². The summed E-state index contributed by atoms with van der Waals surface area (Å²) in [6.45, 7) is 1.92. The highest BCUT2D eigenvalue weighted by Crippen LogP contribution is 2.40. The van der Waals surface area contributed by atoms with Gasteiger partial charge < -0.3 is 25.6 Å². The Kier molecular flexibility index (Phi) is 4.78. The Morgan fingerprint density at radius 3 is 2.77 bits per heavy atom. The fraction of sp³-hybridized carbons (Fsp3) is 0.400. The topological polar surface area (TPSA) is 110 Å². The maximum Gasteiger partial charge on any atom is 0.321 e. The molecular weight excluding hydrogens is 402 g/mol. The molecule has 2 amide bonds. The Morgan fingerprint density at radius 2 is 2.03 bits per heavy atom. The number of nitrogens with one attached hydrogen (secondary N) is 1. The highest BCUT2D eigenvalue weighted by Gasteiger charge is 2.41. The van der Waals surface area contributed by atoms with Crippen LogP contribution in [-0.4, -0.2) is 58.7 Å². The fourth-order valence-electron chi connectivity index (χ4n) is 3.98. The predicted molar refractivity (Wildman–Crippen MR) is 117 cm³/mol. The molecule has 10 heteroatoms. The van der Waals surface area contributed by atoms with E-state index in [1.165, 1.54) is 11.3 Å². The van der Waals surface area contributed by atoms with E-state index in [9.17, 15) is 4.79 Å². The van der Waals surface area contributed by atoms with Gasteiger partial charge in [-0.1, -0.05) is 0 Å². The second kappa shape index (κ2) is 7.60. The lowest BCUT2D eigenvalue weighted by molar-refractivity contribution is 0.194. The fourth-order valence-corrected chi connectivity index (χ4v) is 4.64. The van der Waals surface area contributed by atoms with E-state index in [4.69, 9.17) is 10.5 Å². The molecule has 1 aromatic carbocycles. The van der Waals surface area contributed by atoms with E-state index in [-0.39, 0.29) is 18.0 Å². The Hall–Kier alpha value is -3.14. The molecule has 9 nitrogen and oxygen atoms in total. The van der Waals surface area contributed by atoms with Crippen molar-refractivity contribution in [1.82, 2.24) is 19.9 Å². The molecule has 1 aliphatic heterocycles. The summed E-state index contributed by atoms with van der Waals surface area (Å²) in [5.41, 5.74) is 9.26. The van der Waals surface area contributed by atoms with Crippen molar-refractivity contribution < 1.29 is 9.53 Å². The lowest BCUT2D eigenvalue weighted by atomic mass is 10.1. The van der Waals surface area contributed by atoms with Gasteiger partial charge in [-0.05, 0) is 43.0 Å². The lowest BCUT2D eigenvalue weighted by Gasteiger charge is -2.42. The number of aromatic nitrogens is 3. The van der Waals surface area contributed by atoms with E-state index in [1.807, 2.05) is 29.2 Å². The van der Waals surface area contributed by atoms with Crippen LogP contribution < -0.4 is 20.7 Å². The number of ether oxygens (including phenoxy) is 1. The molecule has 1 aliphatic carbocycles. The third kappa shape index (κ3) is 3.58. The van der Waals surface area contributed by atoms with Gasteiger partial charge in [-0.3, -0.25) is 0 Å². The number of thiazole rings is 1. The first-order chi connectivity index (χ1) is 14.6. The molecule has 2 fully saturated rings. The molecule has 1 atom stereocenters. The van der Waals surface area contributed by atoms with Crippen LogP contribution in [0.25, 0.3) is 10.3 Å². The number of nitrogen functional groups attached to an aromatic ring is 1. The molecule has 1 saturated carbocycles. The summed E-state index contributed by atoms with van der Waals surface area (Å²) in [5.74, 6) is 2.35. The quantitative estimate of drug-likeness (QED) is 0.661. The minimum atomic E-state index is -0.0912. The molecule has 2 aliphatic rings. The second-order valence-corrected chi connectivity index (χ2v) is 8.45. The molecule has 30 heavy (non-hydrogen) atoms. The summed E-state index contributed by atoms with van der Waals surface area (Å²) in [4.78, 5) is 31.1. The lowest BCUT2D eigenvalue weighted by Crippen LogP contribution is -2.57. The third-order valence-corrected chi connectivity index (χ3v) is 6.40. The van der Waals surface area contributed by atoms with Gasteiger partial charge in [0.2, 0.25) is 5.95 Å². The number of benzene rings is 1. The standard InChI is InChI=1S/C20H23N7O2S/c1-29-14-6-4-13(5-7-14)23-20(28)26-8-9-27(15(10-26)12-2-3-12)17-16-18(30-11-22-16)25-19(21)24-17/h4-7,11-12,15H,2-3,8-10H2,1H3,(H,23,28)(H2,21,24,25)/t15-/m1/s1. The van der Waals surface area contributed by atoms with E-state index in [0.717, 1.165) is 40.4 Å². The molecule has 0 spiro atoms. The number of amides is 2. The molecule has 2 aromatic heterocycles. The van der Waals surface area contributed by atoms with Crippen molar-refractivity contribution in [3.8, 4) is 5.75 Å². The SMILES string of the molecule is COc1ccc(NC(=O)N2CCN(c3nc(N)nc4scnc34)[C@@H](C3CC3)C2)cc1. The van der Waals surface area contributed by atoms with Crippen LogP contribution in [0.4, 0.5) is 22.2 Å². The van der Waals surface area contributed by atoms with Crippen molar-refractivity contribution in [1.29, 1.82) is 0 Å². The summed E-state index contributed by atoms with van der Waals surface area (Å²) >= 11 is 1.46. The van der Waals surface area contributed by atoms with Gasteiger partial charge in [0.15, 0.2) is 10.6 Å². The Labute approximate surface area is 177 Å². The van der Waals surface area contributed by atoms with E-state index in [0.29, 0.717) is 25.6 Å². The maximum absolute atomic E-state index is 12.9. The zero-order chi connectivity index (χ0) is 20.7. The molecule has 0 bridgehead atoms. The van der Waals surface area contributed by atoms with Gasteiger partial charge in [-0.25, -0.2) is 14.8 Å². The number of hydrogen-bond donors (Lipinski definition) is 2. The normalized spacial score (nSPS) is 19.2. The average molecular weight is 426 g/mol. The van der Waals surface area contributed by atoms with Crippen LogP contribution in [0.5, 0.6) is 5.75 Å². The van der Waals surface area contributed by atoms with Crippen molar-refractivity contribution in [2.24, 2.45) is 5.92 Å². The van der Waals surface area contributed by atoms with E-state index in [1.54, 1.807) is 12.6 Å². The van der Waals surface area contributed by atoms with Crippen LogP contribution in [0.2, 0.25) is 0 Å². The minimum absolute atomic E-state index is 0.0912. The number of methoxy groups -OCH3 is 1. The van der Waals surface area contributed by atoms with Crippen molar-refractivity contribution in [2.75, 3.05) is 42.7 Å². The summed E-state index contributed by atoms with van der Waals surface area (Å²) in [6, 6.07) is 7.45. The number of fused-ring (bicyclic) bond motifs is 1. The Morgan fingerprint density at radius 1 is 1.23 bits per heavy atom. The first kappa shape index (κ1) is 18.9. The average Bonchev–Trinajstić information content (AvgIpc) is 3.51. The van der Waals surface area contributed by atoms with Crippen LogP contribution in [0.15, 0.2) is 29.8 Å². The maximum atomic E-state index is 12.9. The van der Waals surface area contributed by atoms with Gasteiger partial charge in [0, 0.05) is 25.3 Å². The summed E-state index contributed by atoms with van der Waals surface area (Å²) in [5, 5.41) is 2.99. The van der Waals surface area contributed by atoms with E-state index < -0.39 is 0 Å². The number of hydrogen-bond acceptors (Lipinski definition) is 8. The molecule has 5 rings (SSSR count). The van der Waals surface area contributed by atoms with Crippen molar-refractivity contribution in [3.63, 3.8) is 0 Å². The number of nitrogens with two attached hydrogens (primary N) is 1. The van der Waals surface area contributed by atoms with Crippen LogP contribution in [0.3, 0.4) is 0 Å². The minimum Gasteiger partial charge on any atom is -0.497 e. The van der Waals surface area contributed by atoms with Crippen LogP contribution in [-0.2, 0) is 0 Å². The van der Waals surface area contributed by atoms with Gasteiger partial charge in [-0.2, -0.15) is 4.98 Å². The number of rotatable bonds is 4. The summed E-state index contributed by atoms with van der Waals surface area (Å²) < 4.78 is 5.17. The number of carbonyl (C=O) groups excluding carboxylic acids is 1. The molecule has 3 heterocycles. The second-order valence-electron chi connectivity index (χ2n) is 7.61. The van der Waals surface area contributed by atoms with Crippen LogP contribution >= 0.6 is 11.3 Å². The van der Waals surface area contributed by atoms with Gasteiger partial charge in [0.25, 0.3) is 0 Å². The molecule has 0 radical (unpaired) electrons. The van der Waals surface area contributed by atoms with Gasteiger partial charge in [0.05, 0.1) is 18.7 Å². The monoisotopic (exact) mass is 425 g/mol. The number of nitrogens with zero attached hydrogens (tertiary/aromatic N) is 5. The number of piperazine rings is 1. The number of carbonyl (C=O) groups is 1. The highest BCUT2D eigenvalue weighted by atomic mass is 32.1. The Bertz CT molecular complexity index is 1070. The largest absolute Gasteiger partial charge is 0.497 e. The van der Waals surface area contributed by atoms with Crippen molar-refractivity contribution in [2.45, 2.75) is 18.9 Å². The van der Waals surface area contributed by atoms with Gasteiger partial charge >= 0.3 is 6.03 Å². The van der Waals surface area contributed by atoms with E-state index in [2.05, 4.69) is 25.2 Å². The third-order valence-electron chi connectivity index (χ3n) is 5.68. The highest BCUT2D eigenvalue weighted by molar-refractivity contribution is 7.16. The smallest absolute Gasteiger partial charge is 0.321 e. The zero-order valence-corrected chi connectivity index (χ0v) is 17.4. The number of urea groups is 1. The molecular formula is C20H23N7O2S. The van der Waals surface area contributed by atoms with Gasteiger partial charge in [-0.15, -0.1) is 11.3 Å². The first-order valence-electron chi connectivity index (χ1n) is 9.95. The van der Waals surface area contributed by atoms with Crippen molar-refractivity contribution in [3.05, 3.63) is 29.8 Å². The molecule has 3 N–H and O–H groups in total. The first-order valence-corrected chi connectivity index (χ1v) is 10.8. The van der Waals surface area contributed by atoms with Gasteiger partial charge in [0.1, 0.15) is 11.3 Å². The molecule has 1 saturated heterocycles. The predicted octanol–water partition coefficient (Wildman–Crippen LogP) is 2.81. The molecule has 0 unspecified atom stereocenters. The Balaban J connectivity index is 1.34. The molecule has 156 valence electrons.